The van der Waals surface area contributed by atoms with E-state index in [1.54, 1.807) is 49.6 Å². The second kappa shape index (κ2) is 9.93. The number of H-pyrrole nitrogens is 1. The van der Waals surface area contributed by atoms with E-state index >= 15 is 0 Å². The van der Waals surface area contributed by atoms with Crippen LogP contribution < -0.4 is 5.32 Å². The lowest BCUT2D eigenvalue weighted by Gasteiger charge is -2.15. The van der Waals surface area contributed by atoms with Crippen LogP contribution in [0, 0.1) is 0 Å². The molecule has 0 fully saturated rings. The molecular formula is C20H24N2O3. The number of carboxylic acids is 1. The van der Waals surface area contributed by atoms with E-state index in [9.17, 15) is 14.7 Å². The van der Waals surface area contributed by atoms with Crippen molar-refractivity contribution in [2.24, 2.45) is 0 Å². The Hall–Kier alpha value is -3.08. The first kappa shape index (κ1) is 20.0. The predicted octanol–water partition coefficient (Wildman–Crippen LogP) is 3.49. The summed E-state index contributed by atoms with van der Waals surface area (Å²) in [5, 5.41) is 12.0. The summed E-state index contributed by atoms with van der Waals surface area (Å²) < 4.78 is 0. The normalized spacial score (nSPS) is 13.1. The average Bonchev–Trinajstić information content (AvgIpc) is 2.99. The van der Waals surface area contributed by atoms with Crippen LogP contribution in [0.15, 0.2) is 55.3 Å². The largest absolute Gasteiger partial charge is 0.480 e. The predicted molar refractivity (Wildman–Crippen MR) is 102 cm³/mol. The van der Waals surface area contributed by atoms with Gasteiger partial charge in [0.15, 0.2) is 0 Å². The molecule has 25 heavy (non-hydrogen) atoms. The molecule has 1 unspecified atom stereocenters. The zero-order valence-corrected chi connectivity index (χ0v) is 14.6. The molecule has 0 aromatic carbocycles. The molecule has 132 valence electrons. The highest BCUT2D eigenvalue weighted by atomic mass is 16.4. The quantitative estimate of drug-likeness (QED) is 0.475. The van der Waals surface area contributed by atoms with Crippen LogP contribution >= 0.6 is 0 Å². The van der Waals surface area contributed by atoms with E-state index in [-0.39, 0.29) is 6.42 Å². The Labute approximate surface area is 148 Å². The van der Waals surface area contributed by atoms with E-state index in [1.807, 2.05) is 13.0 Å². The molecule has 0 aliphatic carbocycles. The van der Waals surface area contributed by atoms with Crippen molar-refractivity contribution in [3.63, 3.8) is 0 Å². The van der Waals surface area contributed by atoms with Crippen molar-refractivity contribution in [3.05, 3.63) is 72.1 Å². The smallest absolute Gasteiger partial charge is 0.326 e. The van der Waals surface area contributed by atoms with Gasteiger partial charge in [-0.05, 0) is 31.6 Å². The van der Waals surface area contributed by atoms with Gasteiger partial charge in [0.25, 0.3) is 5.91 Å². The van der Waals surface area contributed by atoms with Gasteiger partial charge in [0.1, 0.15) is 6.04 Å². The molecule has 1 rings (SSSR count). The minimum Gasteiger partial charge on any atom is -0.480 e. The number of aromatic amines is 1. The van der Waals surface area contributed by atoms with E-state index in [2.05, 4.69) is 23.5 Å². The Morgan fingerprint density at radius 3 is 2.52 bits per heavy atom. The lowest BCUT2D eigenvalue weighted by atomic mass is 10.0. The molecule has 1 aromatic rings. The summed E-state index contributed by atoms with van der Waals surface area (Å²) >= 11 is 0. The highest BCUT2D eigenvalue weighted by Crippen LogP contribution is 2.18. The minimum atomic E-state index is -1.10. The van der Waals surface area contributed by atoms with Gasteiger partial charge in [0.05, 0.1) is 0 Å². The van der Waals surface area contributed by atoms with Crippen LogP contribution in [0.3, 0.4) is 0 Å². The van der Waals surface area contributed by atoms with Gasteiger partial charge in [-0.2, -0.15) is 0 Å². The van der Waals surface area contributed by atoms with Crippen LogP contribution in [0.4, 0.5) is 0 Å². The number of amides is 1. The van der Waals surface area contributed by atoms with Gasteiger partial charge in [0, 0.05) is 29.4 Å². The number of carbonyl (C=O) groups is 2. The second-order valence-corrected chi connectivity index (χ2v) is 5.25. The first-order valence-corrected chi connectivity index (χ1v) is 7.92. The van der Waals surface area contributed by atoms with E-state index in [1.165, 1.54) is 0 Å². The summed E-state index contributed by atoms with van der Waals surface area (Å²) in [6, 6.07) is -1.05. The summed E-state index contributed by atoms with van der Waals surface area (Å²) in [6.07, 6.45) is 13.7. The van der Waals surface area contributed by atoms with Crippen molar-refractivity contribution in [2.75, 3.05) is 0 Å². The first-order chi connectivity index (χ1) is 12.0. The number of aliphatic carboxylic acids is 1. The van der Waals surface area contributed by atoms with Crippen molar-refractivity contribution in [2.45, 2.75) is 26.3 Å². The fourth-order valence-electron chi connectivity index (χ4n) is 2.31. The number of aromatic nitrogens is 1. The fraction of sp³-hybridized carbons (Fsp3) is 0.200. The number of allylic oxidation sites excluding steroid dienone is 4. The van der Waals surface area contributed by atoms with Crippen LogP contribution in [0.2, 0.25) is 0 Å². The summed E-state index contributed by atoms with van der Waals surface area (Å²) in [6.45, 7) is 11.0. The molecule has 0 saturated carbocycles. The maximum atomic E-state index is 12.3. The first-order valence-electron chi connectivity index (χ1n) is 7.92. The molecule has 1 heterocycles. The Bertz CT molecular complexity index is 736. The van der Waals surface area contributed by atoms with Gasteiger partial charge >= 0.3 is 5.97 Å². The molecule has 5 heteroatoms. The molecule has 1 aromatic heterocycles. The second-order valence-electron chi connectivity index (χ2n) is 5.25. The standard InChI is InChI=1S/C20H24N2O3/c1-5-9-10-11-14(6-2)19(23)22-18(20(24)25)12-15-13-21-17(8-4)16(15)7-3/h5-11,13,18,21H,3-4,12H2,1-2H3,(H,22,23)(H,24,25)/b9-5-,11-10-,14-6+. The van der Waals surface area contributed by atoms with Gasteiger partial charge in [-0.3, -0.25) is 4.79 Å². The van der Waals surface area contributed by atoms with Crippen molar-refractivity contribution in [1.29, 1.82) is 0 Å². The van der Waals surface area contributed by atoms with Crippen molar-refractivity contribution < 1.29 is 14.7 Å². The Morgan fingerprint density at radius 2 is 2.00 bits per heavy atom. The van der Waals surface area contributed by atoms with E-state index in [0.717, 1.165) is 16.8 Å². The Kier molecular flexibility index (Phi) is 7.93. The summed E-state index contributed by atoms with van der Waals surface area (Å²) in [7, 11) is 0. The van der Waals surface area contributed by atoms with Crippen LogP contribution in [-0.4, -0.2) is 28.0 Å². The van der Waals surface area contributed by atoms with E-state index in [0.29, 0.717) is 5.57 Å². The van der Waals surface area contributed by atoms with Crippen molar-refractivity contribution >= 4 is 24.0 Å². The van der Waals surface area contributed by atoms with Gasteiger partial charge in [-0.1, -0.05) is 43.5 Å². The van der Waals surface area contributed by atoms with Crippen molar-refractivity contribution in [1.82, 2.24) is 10.3 Å². The molecule has 0 aliphatic heterocycles. The third kappa shape index (κ3) is 5.49. The SMILES string of the molecule is C=Cc1[nH]cc(CC(NC(=O)C(/C=C\C=C/C)=C/C)C(=O)O)c1C=C. The third-order valence-corrected chi connectivity index (χ3v) is 3.63. The molecule has 1 amide bonds. The molecule has 0 spiro atoms. The van der Waals surface area contributed by atoms with E-state index in [4.69, 9.17) is 0 Å². The van der Waals surface area contributed by atoms with Gasteiger partial charge in [-0.25, -0.2) is 4.79 Å². The Balaban J connectivity index is 2.96. The molecule has 3 N–H and O–H groups in total. The van der Waals surface area contributed by atoms with Crippen molar-refractivity contribution in [3.8, 4) is 0 Å². The highest BCUT2D eigenvalue weighted by Gasteiger charge is 2.23. The fourth-order valence-corrected chi connectivity index (χ4v) is 2.31. The summed E-state index contributed by atoms with van der Waals surface area (Å²) in [5.41, 5.74) is 2.71. The minimum absolute atomic E-state index is 0.141. The van der Waals surface area contributed by atoms with Gasteiger partial charge in [0.2, 0.25) is 0 Å². The number of hydrogen-bond acceptors (Lipinski definition) is 2. The number of nitrogens with one attached hydrogen (secondary N) is 2. The number of hydrogen-bond donors (Lipinski definition) is 3. The van der Waals surface area contributed by atoms with Crippen LogP contribution in [0.25, 0.3) is 12.2 Å². The maximum absolute atomic E-state index is 12.3. The Morgan fingerprint density at radius 1 is 1.28 bits per heavy atom. The number of carboxylic acid groups (broad SMARTS) is 1. The number of rotatable bonds is 9. The third-order valence-electron chi connectivity index (χ3n) is 3.63. The maximum Gasteiger partial charge on any atom is 0.326 e. The molecule has 0 saturated heterocycles. The lowest BCUT2D eigenvalue weighted by Crippen LogP contribution is -2.42. The number of carbonyl (C=O) groups excluding carboxylic acids is 1. The highest BCUT2D eigenvalue weighted by molar-refractivity contribution is 5.98. The molecule has 1 atom stereocenters. The monoisotopic (exact) mass is 340 g/mol. The molecule has 0 aliphatic rings. The summed E-state index contributed by atoms with van der Waals surface area (Å²) in [5.74, 6) is -1.53. The molecule has 0 bridgehead atoms. The van der Waals surface area contributed by atoms with Gasteiger partial charge in [-0.15, -0.1) is 0 Å². The van der Waals surface area contributed by atoms with E-state index < -0.39 is 17.9 Å². The zero-order chi connectivity index (χ0) is 18.8. The zero-order valence-electron chi connectivity index (χ0n) is 14.6. The van der Waals surface area contributed by atoms with Crippen LogP contribution in [-0.2, 0) is 16.0 Å². The topological polar surface area (TPSA) is 82.2 Å². The average molecular weight is 340 g/mol. The van der Waals surface area contributed by atoms with Crippen LogP contribution in [0.5, 0.6) is 0 Å². The summed E-state index contributed by atoms with van der Waals surface area (Å²) in [4.78, 5) is 26.9. The molecule has 5 nitrogen and oxygen atoms in total. The lowest BCUT2D eigenvalue weighted by molar-refractivity contribution is -0.141. The van der Waals surface area contributed by atoms with Crippen LogP contribution in [0.1, 0.15) is 30.7 Å². The molecular weight excluding hydrogens is 316 g/mol. The van der Waals surface area contributed by atoms with Gasteiger partial charge < -0.3 is 15.4 Å². The molecule has 0 radical (unpaired) electrons.